The first-order chi connectivity index (χ1) is 11.9. The number of ether oxygens (including phenoxy) is 1. The molecule has 132 valence electrons. The number of carbonyl (C=O) groups is 1. The Hall–Kier alpha value is -2.20. The summed E-state index contributed by atoms with van der Waals surface area (Å²) in [5.74, 6) is 0.104. The third kappa shape index (κ3) is 3.31. The van der Waals surface area contributed by atoms with Crippen molar-refractivity contribution in [1.82, 2.24) is 24.7 Å². The van der Waals surface area contributed by atoms with Crippen LogP contribution in [0.15, 0.2) is 16.3 Å². The molecule has 0 unspecified atom stereocenters. The molecule has 0 aliphatic heterocycles. The van der Waals surface area contributed by atoms with E-state index in [4.69, 9.17) is 4.74 Å². The molecular weight excluding hydrogens is 362 g/mol. The molecule has 0 saturated heterocycles. The van der Waals surface area contributed by atoms with Crippen LogP contribution in [-0.4, -0.2) is 37.3 Å². The molecule has 25 heavy (non-hydrogen) atoms. The van der Waals surface area contributed by atoms with Crippen molar-refractivity contribution in [1.29, 1.82) is 0 Å². The third-order valence-electron chi connectivity index (χ3n) is 3.62. The van der Waals surface area contributed by atoms with E-state index in [1.807, 2.05) is 14.0 Å². The number of esters is 1. The summed E-state index contributed by atoms with van der Waals surface area (Å²) in [6, 6.07) is 0. The van der Waals surface area contributed by atoms with Gasteiger partial charge in [-0.3, -0.25) is 4.79 Å². The van der Waals surface area contributed by atoms with Crippen LogP contribution < -0.4 is 5.56 Å². The van der Waals surface area contributed by atoms with E-state index < -0.39 is 5.97 Å². The predicted molar refractivity (Wildman–Crippen MR) is 96.2 cm³/mol. The minimum Gasteiger partial charge on any atom is -0.462 e. The van der Waals surface area contributed by atoms with Gasteiger partial charge in [0.15, 0.2) is 5.16 Å². The predicted octanol–water partition coefficient (Wildman–Crippen LogP) is 2.45. The van der Waals surface area contributed by atoms with Gasteiger partial charge in [0.1, 0.15) is 21.9 Å². The normalized spacial score (nSPS) is 12.5. The van der Waals surface area contributed by atoms with Crippen LogP contribution in [0, 0.1) is 6.92 Å². The molecule has 0 aliphatic rings. The van der Waals surface area contributed by atoms with Crippen LogP contribution in [0.4, 0.5) is 0 Å². The van der Waals surface area contributed by atoms with Crippen molar-refractivity contribution < 1.29 is 9.53 Å². The fraction of sp³-hybridized carbons (Fsp3) is 0.400. The smallest absolute Gasteiger partial charge is 0.348 e. The number of nitrogens with zero attached hydrogens (tertiary/aromatic N) is 4. The second kappa shape index (κ2) is 6.96. The van der Waals surface area contributed by atoms with Gasteiger partial charge in [0.25, 0.3) is 5.56 Å². The zero-order valence-corrected chi connectivity index (χ0v) is 15.8. The maximum absolute atomic E-state index is 12.5. The molecule has 3 heterocycles. The summed E-state index contributed by atoms with van der Waals surface area (Å²) >= 11 is 2.62. The Morgan fingerprint density at radius 3 is 2.92 bits per heavy atom. The third-order valence-corrected chi connectivity index (χ3v) is 5.94. The average molecular weight is 379 g/mol. The molecule has 0 fully saturated rings. The van der Waals surface area contributed by atoms with E-state index in [0.29, 0.717) is 26.5 Å². The molecular formula is C15H17N5O3S2. The highest BCUT2D eigenvalue weighted by Crippen LogP contribution is 2.33. The van der Waals surface area contributed by atoms with E-state index in [1.165, 1.54) is 23.1 Å². The van der Waals surface area contributed by atoms with Gasteiger partial charge in [-0.15, -0.1) is 21.5 Å². The van der Waals surface area contributed by atoms with Crippen molar-refractivity contribution in [3.63, 3.8) is 0 Å². The van der Waals surface area contributed by atoms with E-state index in [9.17, 15) is 9.59 Å². The van der Waals surface area contributed by atoms with Gasteiger partial charge >= 0.3 is 5.97 Å². The molecule has 0 aromatic carbocycles. The Labute approximate surface area is 151 Å². The Bertz CT molecular complexity index is 991. The largest absolute Gasteiger partial charge is 0.462 e. The van der Waals surface area contributed by atoms with E-state index >= 15 is 0 Å². The summed E-state index contributed by atoms with van der Waals surface area (Å²) in [4.78, 5) is 32.9. The number of aromatic nitrogens is 5. The molecule has 3 aromatic rings. The molecule has 0 radical (unpaired) electrons. The van der Waals surface area contributed by atoms with Crippen molar-refractivity contribution in [2.24, 2.45) is 7.05 Å². The summed E-state index contributed by atoms with van der Waals surface area (Å²) in [6.45, 7) is 5.69. The first kappa shape index (κ1) is 17.6. The first-order valence-electron chi connectivity index (χ1n) is 7.63. The van der Waals surface area contributed by atoms with Gasteiger partial charge in [-0.1, -0.05) is 11.8 Å². The fourth-order valence-electron chi connectivity index (χ4n) is 2.34. The van der Waals surface area contributed by atoms with Crippen molar-refractivity contribution in [2.75, 3.05) is 6.61 Å². The summed E-state index contributed by atoms with van der Waals surface area (Å²) in [5.41, 5.74) is 0.349. The number of thioether (sulfide) groups is 1. The van der Waals surface area contributed by atoms with Crippen molar-refractivity contribution in [3.05, 3.63) is 32.9 Å². The van der Waals surface area contributed by atoms with Gasteiger partial charge in [-0.05, 0) is 26.3 Å². The number of aryl methyl sites for hydroxylation is 2. The van der Waals surface area contributed by atoms with Crippen LogP contribution in [0.1, 0.15) is 40.2 Å². The minimum atomic E-state index is -0.426. The van der Waals surface area contributed by atoms with Crippen LogP contribution in [0.5, 0.6) is 0 Å². The monoisotopic (exact) mass is 379 g/mol. The standard InChI is InChI=1S/C15H17N5O3S2/c1-5-23-14(22)10-7(2)9-12(21)17-11(18-13(9)25-10)8(3)24-15-19-16-6-20(15)4/h6,8H,5H2,1-4H3,(H,17,18,21)/t8-/m1/s1. The number of rotatable bonds is 5. The second-order valence-electron chi connectivity index (χ2n) is 5.39. The number of nitrogens with one attached hydrogen (secondary N) is 1. The van der Waals surface area contributed by atoms with Gasteiger partial charge in [-0.25, -0.2) is 9.78 Å². The van der Waals surface area contributed by atoms with E-state index in [-0.39, 0.29) is 17.4 Å². The highest BCUT2D eigenvalue weighted by atomic mass is 32.2. The fourth-order valence-corrected chi connectivity index (χ4v) is 4.27. The number of hydrogen-bond acceptors (Lipinski definition) is 8. The van der Waals surface area contributed by atoms with E-state index in [0.717, 1.165) is 5.16 Å². The Morgan fingerprint density at radius 1 is 1.52 bits per heavy atom. The highest BCUT2D eigenvalue weighted by molar-refractivity contribution is 7.99. The molecule has 0 amide bonds. The Morgan fingerprint density at radius 2 is 2.28 bits per heavy atom. The zero-order valence-electron chi connectivity index (χ0n) is 14.2. The molecule has 3 aromatic heterocycles. The van der Waals surface area contributed by atoms with Gasteiger partial charge < -0.3 is 14.3 Å². The number of carbonyl (C=O) groups excluding carboxylic acids is 1. The van der Waals surface area contributed by atoms with Gasteiger partial charge in [0, 0.05) is 7.05 Å². The minimum absolute atomic E-state index is 0.131. The van der Waals surface area contributed by atoms with Crippen LogP contribution >= 0.6 is 23.1 Å². The second-order valence-corrected chi connectivity index (χ2v) is 7.70. The molecule has 1 N–H and O–H groups in total. The molecule has 8 nitrogen and oxygen atoms in total. The van der Waals surface area contributed by atoms with Crippen LogP contribution in [0.2, 0.25) is 0 Å². The SMILES string of the molecule is CCOC(=O)c1sc2nc([C@@H](C)Sc3nncn3C)[nH]c(=O)c2c1C. The van der Waals surface area contributed by atoms with Crippen LogP contribution in [0.25, 0.3) is 10.2 Å². The lowest BCUT2D eigenvalue weighted by Crippen LogP contribution is -2.13. The molecule has 1 atom stereocenters. The molecule has 0 aliphatic carbocycles. The molecule has 0 spiro atoms. The maximum atomic E-state index is 12.5. The highest BCUT2D eigenvalue weighted by Gasteiger charge is 2.22. The topological polar surface area (TPSA) is 103 Å². The molecule has 3 rings (SSSR count). The van der Waals surface area contributed by atoms with Gasteiger partial charge in [0.2, 0.25) is 0 Å². The maximum Gasteiger partial charge on any atom is 0.348 e. The summed E-state index contributed by atoms with van der Waals surface area (Å²) < 4.78 is 6.85. The van der Waals surface area contributed by atoms with Crippen molar-refractivity contribution in [2.45, 2.75) is 31.2 Å². The lowest BCUT2D eigenvalue weighted by atomic mass is 10.2. The lowest BCUT2D eigenvalue weighted by Gasteiger charge is -2.09. The molecule has 10 heteroatoms. The van der Waals surface area contributed by atoms with Gasteiger partial charge in [-0.2, -0.15) is 0 Å². The summed E-state index contributed by atoms with van der Waals surface area (Å²) in [7, 11) is 1.85. The molecule has 0 saturated carbocycles. The quantitative estimate of drug-likeness (QED) is 0.536. The van der Waals surface area contributed by atoms with Crippen molar-refractivity contribution >= 4 is 39.3 Å². The average Bonchev–Trinajstić information content (AvgIpc) is 3.11. The zero-order chi connectivity index (χ0) is 18.1. The van der Waals surface area contributed by atoms with E-state index in [2.05, 4.69) is 20.2 Å². The number of hydrogen-bond donors (Lipinski definition) is 1. The molecule has 0 bridgehead atoms. The van der Waals surface area contributed by atoms with Crippen LogP contribution in [-0.2, 0) is 11.8 Å². The summed E-state index contributed by atoms with van der Waals surface area (Å²) in [5, 5.41) is 8.90. The Kier molecular flexibility index (Phi) is 4.91. The number of aromatic amines is 1. The van der Waals surface area contributed by atoms with Gasteiger partial charge in [0.05, 0.1) is 17.2 Å². The lowest BCUT2D eigenvalue weighted by molar-refractivity contribution is 0.0531. The van der Waals surface area contributed by atoms with Crippen molar-refractivity contribution in [3.8, 4) is 0 Å². The Balaban J connectivity index is 2.00. The first-order valence-corrected chi connectivity index (χ1v) is 9.33. The number of fused-ring (bicyclic) bond motifs is 1. The number of H-pyrrole nitrogens is 1. The summed E-state index contributed by atoms with van der Waals surface area (Å²) in [6.07, 6.45) is 1.61. The van der Waals surface area contributed by atoms with E-state index in [1.54, 1.807) is 24.7 Å². The van der Waals surface area contributed by atoms with Crippen LogP contribution in [0.3, 0.4) is 0 Å². The number of thiophene rings is 1.